The van der Waals surface area contributed by atoms with Gasteiger partial charge in [0.15, 0.2) is 5.96 Å². The van der Waals surface area contributed by atoms with Crippen LogP contribution >= 0.6 is 0 Å². The summed E-state index contributed by atoms with van der Waals surface area (Å²) in [5.41, 5.74) is 2.22. The molecule has 0 saturated heterocycles. The molecule has 0 aliphatic heterocycles. The highest BCUT2D eigenvalue weighted by atomic mass is 16.5. The minimum Gasteiger partial charge on any atom is -0.497 e. The minimum absolute atomic E-state index is 0.0994. The fourth-order valence-corrected chi connectivity index (χ4v) is 2.67. The van der Waals surface area contributed by atoms with Crippen molar-refractivity contribution in [3.63, 3.8) is 0 Å². The van der Waals surface area contributed by atoms with Crippen LogP contribution in [0, 0.1) is 0 Å². The van der Waals surface area contributed by atoms with Crippen LogP contribution in [-0.2, 0) is 17.9 Å². The molecule has 0 spiro atoms. The van der Waals surface area contributed by atoms with E-state index in [1.54, 1.807) is 12.0 Å². The summed E-state index contributed by atoms with van der Waals surface area (Å²) >= 11 is 0. The molecule has 2 aromatic rings. The number of ether oxygens (including phenoxy) is 1. The van der Waals surface area contributed by atoms with Crippen LogP contribution in [-0.4, -0.2) is 44.0 Å². The minimum atomic E-state index is 0.0994. The van der Waals surface area contributed by atoms with E-state index in [0.29, 0.717) is 32.0 Å². The highest BCUT2D eigenvalue weighted by Gasteiger charge is 2.09. The summed E-state index contributed by atoms with van der Waals surface area (Å²) in [5.74, 6) is 1.63. The van der Waals surface area contributed by atoms with Crippen molar-refractivity contribution in [2.75, 3.05) is 27.2 Å². The van der Waals surface area contributed by atoms with Crippen LogP contribution in [0.2, 0.25) is 0 Å². The van der Waals surface area contributed by atoms with Gasteiger partial charge < -0.3 is 20.3 Å². The molecule has 0 unspecified atom stereocenters. The van der Waals surface area contributed by atoms with Gasteiger partial charge >= 0.3 is 0 Å². The summed E-state index contributed by atoms with van der Waals surface area (Å²) < 4.78 is 5.17. The van der Waals surface area contributed by atoms with Crippen molar-refractivity contribution in [3.05, 3.63) is 65.7 Å². The SMILES string of the molecule is CCNC(=NCc1ccc(OC)cc1)NCCC(=O)N(C)Cc1ccccc1. The standard InChI is InChI=1S/C22H30N4O2/c1-4-23-22(25-16-18-10-12-20(28-3)13-11-18)24-15-14-21(27)26(2)17-19-8-6-5-7-9-19/h5-13H,4,14-17H2,1-3H3,(H2,23,24,25). The lowest BCUT2D eigenvalue weighted by Crippen LogP contribution is -2.39. The maximum absolute atomic E-state index is 12.3. The summed E-state index contributed by atoms with van der Waals surface area (Å²) in [5, 5.41) is 6.44. The Morgan fingerprint density at radius 1 is 1.04 bits per heavy atom. The molecule has 2 aromatic carbocycles. The lowest BCUT2D eigenvalue weighted by Gasteiger charge is -2.18. The third-order valence-electron chi connectivity index (χ3n) is 4.24. The van der Waals surface area contributed by atoms with E-state index in [4.69, 9.17) is 4.74 Å². The zero-order valence-corrected chi connectivity index (χ0v) is 16.9. The first-order valence-corrected chi connectivity index (χ1v) is 9.55. The molecule has 0 radical (unpaired) electrons. The molecule has 1 amide bonds. The van der Waals surface area contributed by atoms with Crippen molar-refractivity contribution < 1.29 is 9.53 Å². The lowest BCUT2D eigenvalue weighted by atomic mass is 10.2. The second-order valence-electron chi connectivity index (χ2n) is 6.46. The summed E-state index contributed by atoms with van der Waals surface area (Å²) in [6, 6.07) is 17.8. The average molecular weight is 383 g/mol. The third-order valence-corrected chi connectivity index (χ3v) is 4.24. The molecule has 0 atom stereocenters. The van der Waals surface area contributed by atoms with Crippen molar-refractivity contribution in [2.24, 2.45) is 4.99 Å². The number of rotatable bonds is 9. The first kappa shape index (κ1) is 21.3. The number of hydrogen-bond donors (Lipinski definition) is 2. The van der Waals surface area contributed by atoms with Gasteiger partial charge in [0, 0.05) is 33.1 Å². The summed E-state index contributed by atoms with van der Waals surface area (Å²) in [4.78, 5) is 18.7. The maximum Gasteiger partial charge on any atom is 0.224 e. The van der Waals surface area contributed by atoms with Crippen molar-refractivity contribution in [1.82, 2.24) is 15.5 Å². The smallest absolute Gasteiger partial charge is 0.224 e. The van der Waals surface area contributed by atoms with Gasteiger partial charge in [-0.05, 0) is 30.2 Å². The number of hydrogen-bond acceptors (Lipinski definition) is 3. The Morgan fingerprint density at radius 3 is 2.39 bits per heavy atom. The number of amides is 1. The molecule has 6 heteroatoms. The normalized spacial score (nSPS) is 11.0. The molecule has 6 nitrogen and oxygen atoms in total. The van der Waals surface area contributed by atoms with Gasteiger partial charge in [-0.1, -0.05) is 42.5 Å². The van der Waals surface area contributed by atoms with Crippen LogP contribution < -0.4 is 15.4 Å². The quantitative estimate of drug-likeness (QED) is 0.517. The van der Waals surface area contributed by atoms with Gasteiger partial charge in [0.05, 0.1) is 13.7 Å². The van der Waals surface area contributed by atoms with Crippen LogP contribution in [0.1, 0.15) is 24.5 Å². The second-order valence-corrected chi connectivity index (χ2v) is 6.46. The van der Waals surface area contributed by atoms with E-state index in [1.807, 2.05) is 68.6 Å². The van der Waals surface area contributed by atoms with Crippen LogP contribution in [0.3, 0.4) is 0 Å². The van der Waals surface area contributed by atoms with Gasteiger partial charge in [0.25, 0.3) is 0 Å². The summed E-state index contributed by atoms with van der Waals surface area (Å²) in [7, 11) is 3.48. The monoisotopic (exact) mass is 382 g/mol. The maximum atomic E-state index is 12.3. The van der Waals surface area contributed by atoms with Crippen LogP contribution in [0.5, 0.6) is 5.75 Å². The van der Waals surface area contributed by atoms with E-state index in [2.05, 4.69) is 15.6 Å². The fraction of sp³-hybridized carbons (Fsp3) is 0.364. The zero-order chi connectivity index (χ0) is 20.2. The molecule has 150 valence electrons. The molecule has 28 heavy (non-hydrogen) atoms. The highest BCUT2D eigenvalue weighted by Crippen LogP contribution is 2.11. The Bertz CT molecular complexity index is 745. The topological polar surface area (TPSA) is 66.0 Å². The van der Waals surface area contributed by atoms with E-state index in [9.17, 15) is 4.79 Å². The Labute approximate surface area is 167 Å². The summed E-state index contributed by atoms with van der Waals surface area (Å²) in [6.07, 6.45) is 0.413. The molecular weight excluding hydrogens is 352 g/mol. The number of methoxy groups -OCH3 is 1. The Morgan fingerprint density at radius 2 is 1.75 bits per heavy atom. The van der Waals surface area contributed by atoms with Crippen molar-refractivity contribution in [3.8, 4) is 5.75 Å². The number of guanidine groups is 1. The Hall–Kier alpha value is -3.02. The molecule has 0 aromatic heterocycles. The molecule has 0 bridgehead atoms. The highest BCUT2D eigenvalue weighted by molar-refractivity contribution is 5.81. The Kier molecular flexibility index (Phi) is 8.85. The lowest BCUT2D eigenvalue weighted by molar-refractivity contribution is -0.130. The first-order valence-electron chi connectivity index (χ1n) is 9.55. The predicted molar refractivity (Wildman–Crippen MR) is 113 cm³/mol. The van der Waals surface area contributed by atoms with E-state index in [1.165, 1.54) is 0 Å². The number of carbonyl (C=O) groups excluding carboxylic acids is 1. The number of nitrogens with one attached hydrogen (secondary N) is 2. The van der Waals surface area contributed by atoms with E-state index in [-0.39, 0.29) is 5.91 Å². The zero-order valence-electron chi connectivity index (χ0n) is 16.9. The van der Waals surface area contributed by atoms with E-state index >= 15 is 0 Å². The van der Waals surface area contributed by atoms with Crippen LogP contribution in [0.15, 0.2) is 59.6 Å². The molecule has 0 aliphatic carbocycles. The summed E-state index contributed by atoms with van der Waals surface area (Å²) in [6.45, 7) is 4.48. The molecule has 0 saturated carbocycles. The number of nitrogens with zero attached hydrogens (tertiary/aromatic N) is 2. The van der Waals surface area contributed by atoms with Gasteiger partial charge in [-0.25, -0.2) is 4.99 Å². The van der Waals surface area contributed by atoms with Gasteiger partial charge in [-0.2, -0.15) is 0 Å². The van der Waals surface area contributed by atoms with E-state index in [0.717, 1.165) is 23.4 Å². The molecule has 0 heterocycles. The van der Waals surface area contributed by atoms with Gasteiger partial charge in [0.2, 0.25) is 5.91 Å². The molecule has 0 aliphatic rings. The van der Waals surface area contributed by atoms with E-state index < -0.39 is 0 Å². The number of benzene rings is 2. The third kappa shape index (κ3) is 7.31. The van der Waals surface area contributed by atoms with Crippen molar-refractivity contribution in [2.45, 2.75) is 26.4 Å². The Balaban J connectivity index is 1.80. The average Bonchev–Trinajstić information content (AvgIpc) is 2.73. The second kappa shape index (κ2) is 11.6. The fourth-order valence-electron chi connectivity index (χ4n) is 2.67. The van der Waals surface area contributed by atoms with Crippen LogP contribution in [0.4, 0.5) is 0 Å². The molecular formula is C22H30N4O2. The predicted octanol–water partition coefficient (Wildman–Crippen LogP) is 2.80. The van der Waals surface area contributed by atoms with Gasteiger partial charge in [-0.15, -0.1) is 0 Å². The number of carbonyl (C=O) groups is 1. The van der Waals surface area contributed by atoms with Crippen molar-refractivity contribution in [1.29, 1.82) is 0 Å². The molecule has 2 N–H and O–H groups in total. The molecule has 0 fully saturated rings. The molecule has 2 rings (SSSR count). The number of aliphatic imine (C=N–C) groups is 1. The van der Waals surface area contributed by atoms with Crippen LogP contribution in [0.25, 0.3) is 0 Å². The largest absolute Gasteiger partial charge is 0.497 e. The first-order chi connectivity index (χ1) is 13.6. The van der Waals surface area contributed by atoms with Gasteiger partial charge in [0.1, 0.15) is 5.75 Å². The van der Waals surface area contributed by atoms with Crippen molar-refractivity contribution >= 4 is 11.9 Å². The van der Waals surface area contributed by atoms with Gasteiger partial charge in [-0.3, -0.25) is 4.79 Å².